The number of nitrogens with one attached hydrogen (secondary N) is 1. The smallest absolute Gasteiger partial charge is 0.124 e. The van der Waals surface area contributed by atoms with Crippen molar-refractivity contribution in [1.82, 2.24) is 5.32 Å². The zero-order valence-electron chi connectivity index (χ0n) is 8.06. The topological polar surface area (TPSA) is 24.4 Å². The lowest BCUT2D eigenvalue weighted by Crippen LogP contribution is -2.25. The van der Waals surface area contributed by atoms with Gasteiger partial charge in [0.1, 0.15) is 5.83 Å². The van der Waals surface area contributed by atoms with Gasteiger partial charge in [-0.3, -0.25) is 4.99 Å². The molecule has 0 aromatic heterocycles. The third-order valence-corrected chi connectivity index (χ3v) is 2.79. The van der Waals surface area contributed by atoms with Crippen molar-refractivity contribution in [3.05, 3.63) is 23.2 Å². The van der Waals surface area contributed by atoms with Crippen LogP contribution in [0.25, 0.3) is 0 Å². The molecule has 2 nitrogen and oxygen atoms in total. The minimum atomic E-state index is -0.115. The predicted octanol–water partition coefficient (Wildman–Crippen LogP) is 2.15. The second-order valence-corrected chi connectivity index (χ2v) is 3.70. The number of hydrogen-bond donors (Lipinski definition) is 1. The Hall–Kier alpha value is -1.12. The highest BCUT2D eigenvalue weighted by Gasteiger charge is 2.31. The fourth-order valence-electron chi connectivity index (χ4n) is 1.80. The van der Waals surface area contributed by atoms with E-state index in [0.717, 1.165) is 17.1 Å². The van der Waals surface area contributed by atoms with Gasteiger partial charge in [-0.2, -0.15) is 0 Å². The summed E-state index contributed by atoms with van der Waals surface area (Å²) >= 11 is 0. The SMILES string of the molecule is CC1=NC2C(=CC(F)=C(C)C2C)N1. The highest BCUT2D eigenvalue weighted by atomic mass is 19.1. The van der Waals surface area contributed by atoms with Gasteiger partial charge in [0.2, 0.25) is 0 Å². The van der Waals surface area contributed by atoms with Crippen molar-refractivity contribution in [1.29, 1.82) is 0 Å². The van der Waals surface area contributed by atoms with E-state index >= 15 is 0 Å². The van der Waals surface area contributed by atoms with Crippen molar-refractivity contribution in [3.8, 4) is 0 Å². The molecule has 0 spiro atoms. The Kier molecular flexibility index (Phi) is 1.75. The van der Waals surface area contributed by atoms with Gasteiger partial charge < -0.3 is 5.32 Å². The van der Waals surface area contributed by atoms with Gasteiger partial charge in [0, 0.05) is 11.6 Å². The van der Waals surface area contributed by atoms with Crippen LogP contribution in [0.5, 0.6) is 0 Å². The van der Waals surface area contributed by atoms with Gasteiger partial charge in [-0.1, -0.05) is 6.92 Å². The van der Waals surface area contributed by atoms with E-state index in [-0.39, 0.29) is 17.8 Å². The third-order valence-electron chi connectivity index (χ3n) is 2.79. The molecule has 0 amide bonds. The van der Waals surface area contributed by atoms with E-state index in [1.807, 2.05) is 20.8 Å². The first-order chi connectivity index (χ1) is 6.09. The highest BCUT2D eigenvalue weighted by Crippen LogP contribution is 2.33. The molecule has 0 bridgehead atoms. The quantitative estimate of drug-likeness (QED) is 0.607. The van der Waals surface area contributed by atoms with Crippen molar-refractivity contribution in [3.63, 3.8) is 0 Å². The first-order valence-electron chi connectivity index (χ1n) is 4.49. The average molecular weight is 180 g/mol. The lowest BCUT2D eigenvalue weighted by molar-refractivity contribution is 0.523. The van der Waals surface area contributed by atoms with Crippen LogP contribution in [0.2, 0.25) is 0 Å². The van der Waals surface area contributed by atoms with Gasteiger partial charge in [0.15, 0.2) is 0 Å². The molecule has 0 radical (unpaired) electrons. The zero-order chi connectivity index (χ0) is 9.59. The van der Waals surface area contributed by atoms with Crippen LogP contribution in [0.3, 0.4) is 0 Å². The summed E-state index contributed by atoms with van der Waals surface area (Å²) in [5.74, 6) is 0.937. The second-order valence-electron chi connectivity index (χ2n) is 3.70. The van der Waals surface area contributed by atoms with E-state index in [2.05, 4.69) is 10.3 Å². The van der Waals surface area contributed by atoms with Crippen molar-refractivity contribution in [2.24, 2.45) is 10.9 Å². The van der Waals surface area contributed by atoms with Crippen molar-refractivity contribution >= 4 is 5.84 Å². The monoisotopic (exact) mass is 180 g/mol. The molecule has 1 aliphatic heterocycles. The molecule has 13 heavy (non-hydrogen) atoms. The molecule has 0 aromatic rings. The van der Waals surface area contributed by atoms with E-state index in [9.17, 15) is 4.39 Å². The van der Waals surface area contributed by atoms with Crippen LogP contribution in [0.4, 0.5) is 4.39 Å². The van der Waals surface area contributed by atoms with Gasteiger partial charge >= 0.3 is 0 Å². The third kappa shape index (κ3) is 1.19. The Morgan fingerprint density at radius 2 is 2.15 bits per heavy atom. The first kappa shape index (κ1) is 8.48. The van der Waals surface area contributed by atoms with Crippen LogP contribution < -0.4 is 5.32 Å². The lowest BCUT2D eigenvalue weighted by atomic mass is 9.88. The molecule has 2 unspecified atom stereocenters. The minimum absolute atomic E-state index is 0.111. The Labute approximate surface area is 77.2 Å². The average Bonchev–Trinajstić information content (AvgIpc) is 2.42. The fourth-order valence-corrected chi connectivity index (χ4v) is 1.80. The molecule has 1 heterocycles. The largest absolute Gasteiger partial charge is 0.346 e. The lowest BCUT2D eigenvalue weighted by Gasteiger charge is -2.23. The van der Waals surface area contributed by atoms with Crippen LogP contribution >= 0.6 is 0 Å². The summed E-state index contributed by atoms with van der Waals surface area (Å²) in [6.07, 6.45) is 1.56. The summed E-state index contributed by atoms with van der Waals surface area (Å²) in [6.45, 7) is 5.74. The zero-order valence-corrected chi connectivity index (χ0v) is 8.06. The number of allylic oxidation sites excluding steroid dienone is 2. The first-order valence-corrected chi connectivity index (χ1v) is 4.49. The molecule has 0 saturated carbocycles. The van der Waals surface area contributed by atoms with Crippen molar-refractivity contribution in [2.45, 2.75) is 26.8 Å². The maximum Gasteiger partial charge on any atom is 0.124 e. The molecule has 2 atom stereocenters. The number of nitrogens with zero attached hydrogens (tertiary/aromatic N) is 1. The van der Waals surface area contributed by atoms with Crippen LogP contribution in [0.15, 0.2) is 28.2 Å². The van der Waals surface area contributed by atoms with Crippen LogP contribution in [-0.2, 0) is 0 Å². The summed E-state index contributed by atoms with van der Waals surface area (Å²) in [5, 5.41) is 3.07. The number of amidine groups is 1. The van der Waals surface area contributed by atoms with Gasteiger partial charge in [-0.05, 0) is 25.5 Å². The van der Waals surface area contributed by atoms with Crippen LogP contribution in [0.1, 0.15) is 20.8 Å². The maximum atomic E-state index is 13.3. The second kappa shape index (κ2) is 2.69. The molecule has 0 fully saturated rings. The Bertz CT molecular complexity index is 339. The van der Waals surface area contributed by atoms with E-state index in [1.54, 1.807) is 6.08 Å². The molecule has 2 rings (SSSR count). The molecular weight excluding hydrogens is 167 g/mol. The number of fused-ring (bicyclic) bond motifs is 1. The van der Waals surface area contributed by atoms with Crippen molar-refractivity contribution < 1.29 is 4.39 Å². The molecule has 70 valence electrons. The highest BCUT2D eigenvalue weighted by molar-refractivity contribution is 5.84. The van der Waals surface area contributed by atoms with E-state index in [4.69, 9.17) is 0 Å². The van der Waals surface area contributed by atoms with Crippen LogP contribution in [-0.4, -0.2) is 11.9 Å². The summed E-state index contributed by atoms with van der Waals surface area (Å²) in [7, 11) is 0. The molecule has 3 heteroatoms. The van der Waals surface area contributed by atoms with Gasteiger partial charge in [0.25, 0.3) is 0 Å². The van der Waals surface area contributed by atoms with Gasteiger partial charge in [0.05, 0.1) is 11.9 Å². The van der Waals surface area contributed by atoms with E-state index in [1.165, 1.54) is 0 Å². The molecule has 2 aliphatic rings. The molecule has 0 aromatic carbocycles. The summed E-state index contributed by atoms with van der Waals surface area (Å²) in [4.78, 5) is 4.41. The fraction of sp³-hybridized carbons (Fsp3) is 0.500. The predicted molar refractivity (Wildman–Crippen MR) is 51.1 cm³/mol. The normalized spacial score (nSPS) is 32.3. The molecular formula is C10H13FN2. The molecule has 1 aliphatic carbocycles. The minimum Gasteiger partial charge on any atom is -0.346 e. The summed E-state index contributed by atoms with van der Waals surface area (Å²) < 4.78 is 13.3. The van der Waals surface area contributed by atoms with Crippen LogP contribution in [0, 0.1) is 5.92 Å². The van der Waals surface area contributed by atoms with E-state index in [0.29, 0.717) is 0 Å². The molecule has 0 saturated heterocycles. The maximum absolute atomic E-state index is 13.3. The van der Waals surface area contributed by atoms with Gasteiger partial charge in [-0.25, -0.2) is 4.39 Å². The molecule has 1 N–H and O–H groups in total. The van der Waals surface area contributed by atoms with Gasteiger partial charge in [-0.15, -0.1) is 0 Å². The summed E-state index contributed by atoms with van der Waals surface area (Å²) in [5.41, 5.74) is 1.70. The standard InChI is InChI=1S/C10H13FN2/c1-5-6(2)10-9(4-8(5)11)12-7(3)13-10/h4,6,10H,1-3H3,(H,12,13). The van der Waals surface area contributed by atoms with E-state index < -0.39 is 0 Å². The Balaban J connectivity index is 2.40. The Morgan fingerprint density at radius 3 is 2.85 bits per heavy atom. The number of halogens is 1. The number of hydrogen-bond acceptors (Lipinski definition) is 2. The summed E-state index contributed by atoms with van der Waals surface area (Å²) in [6, 6.07) is 0.111. The number of aliphatic imine (C=N–C) groups is 1. The number of rotatable bonds is 0. The Morgan fingerprint density at radius 1 is 1.46 bits per heavy atom. The van der Waals surface area contributed by atoms with Crippen molar-refractivity contribution in [2.75, 3.05) is 0 Å².